The number of ether oxygens (including phenoxy) is 1. The first kappa shape index (κ1) is 16.8. The monoisotopic (exact) mass is 335 g/mol. The highest BCUT2D eigenvalue weighted by atomic mass is 16.5. The van der Waals surface area contributed by atoms with Crippen molar-refractivity contribution in [3.63, 3.8) is 0 Å². The van der Waals surface area contributed by atoms with Crippen molar-refractivity contribution >= 4 is 11.6 Å². The van der Waals surface area contributed by atoms with Gasteiger partial charge < -0.3 is 10.1 Å². The maximum atomic E-state index is 12.6. The largest absolute Gasteiger partial charge is 0.493 e. The van der Waals surface area contributed by atoms with Gasteiger partial charge in [-0.1, -0.05) is 44.2 Å². The number of hydrogen-bond acceptors (Lipinski definition) is 3. The zero-order valence-electron chi connectivity index (χ0n) is 14.6. The van der Waals surface area contributed by atoms with E-state index < -0.39 is 0 Å². The highest BCUT2D eigenvalue weighted by Gasteiger charge is 2.18. The Balaban J connectivity index is 1.83. The van der Waals surface area contributed by atoms with Crippen molar-refractivity contribution < 1.29 is 9.53 Å². The number of benzene rings is 2. The molecule has 0 bridgehead atoms. The molecule has 0 saturated carbocycles. The molecule has 1 amide bonds. The standard InChI is InChI=1S/C20H21N3O2/c1-14(2)15-9-11-16(12-10-15)21-20(24)19-18(25-3)13-23(22-19)17-7-5-4-6-8-17/h4-14H,1-3H3,(H,21,24). The molecule has 0 atom stereocenters. The van der Waals surface area contributed by atoms with Crippen LogP contribution in [-0.2, 0) is 0 Å². The molecule has 3 aromatic rings. The Morgan fingerprint density at radius 2 is 1.76 bits per heavy atom. The highest BCUT2D eigenvalue weighted by molar-refractivity contribution is 6.04. The van der Waals surface area contributed by atoms with E-state index in [4.69, 9.17) is 4.74 Å². The summed E-state index contributed by atoms with van der Waals surface area (Å²) in [5, 5.41) is 7.24. The first-order chi connectivity index (χ1) is 12.1. The van der Waals surface area contributed by atoms with Gasteiger partial charge in [-0.15, -0.1) is 0 Å². The van der Waals surface area contributed by atoms with E-state index in [1.807, 2.05) is 54.6 Å². The molecule has 1 N–H and O–H groups in total. The van der Waals surface area contributed by atoms with Gasteiger partial charge in [-0.05, 0) is 35.7 Å². The zero-order chi connectivity index (χ0) is 17.8. The minimum atomic E-state index is -0.302. The SMILES string of the molecule is COc1cn(-c2ccccc2)nc1C(=O)Nc1ccc(C(C)C)cc1. The Morgan fingerprint density at radius 1 is 1.08 bits per heavy atom. The van der Waals surface area contributed by atoms with E-state index in [1.165, 1.54) is 12.7 Å². The average molecular weight is 335 g/mol. The van der Waals surface area contributed by atoms with Crippen LogP contribution in [0.1, 0.15) is 35.8 Å². The molecule has 2 aromatic carbocycles. The number of carbonyl (C=O) groups is 1. The number of para-hydroxylation sites is 1. The Hall–Kier alpha value is -3.08. The van der Waals surface area contributed by atoms with Crippen molar-refractivity contribution in [2.45, 2.75) is 19.8 Å². The van der Waals surface area contributed by atoms with Gasteiger partial charge in [0.25, 0.3) is 5.91 Å². The number of methoxy groups -OCH3 is 1. The number of carbonyl (C=O) groups excluding carboxylic acids is 1. The lowest BCUT2D eigenvalue weighted by Crippen LogP contribution is -2.14. The van der Waals surface area contributed by atoms with Crippen LogP contribution in [0.5, 0.6) is 5.75 Å². The van der Waals surface area contributed by atoms with E-state index in [2.05, 4.69) is 24.3 Å². The van der Waals surface area contributed by atoms with E-state index in [1.54, 1.807) is 10.9 Å². The summed E-state index contributed by atoms with van der Waals surface area (Å²) in [6, 6.07) is 17.4. The summed E-state index contributed by atoms with van der Waals surface area (Å²) >= 11 is 0. The molecule has 0 unspecified atom stereocenters. The molecule has 25 heavy (non-hydrogen) atoms. The Morgan fingerprint density at radius 3 is 2.36 bits per heavy atom. The van der Waals surface area contributed by atoms with Gasteiger partial charge in [-0.2, -0.15) is 5.10 Å². The summed E-state index contributed by atoms with van der Waals surface area (Å²) in [5.74, 6) is 0.579. The minimum absolute atomic E-state index is 0.249. The first-order valence-corrected chi connectivity index (χ1v) is 8.19. The van der Waals surface area contributed by atoms with E-state index in [0.717, 1.165) is 11.4 Å². The predicted octanol–water partition coefficient (Wildman–Crippen LogP) is 4.26. The van der Waals surface area contributed by atoms with Crippen molar-refractivity contribution in [3.8, 4) is 11.4 Å². The Kier molecular flexibility index (Phi) is 4.84. The van der Waals surface area contributed by atoms with Crippen molar-refractivity contribution in [2.75, 3.05) is 12.4 Å². The van der Waals surface area contributed by atoms with Crippen molar-refractivity contribution in [1.29, 1.82) is 0 Å². The third-order valence-corrected chi connectivity index (χ3v) is 3.97. The molecule has 0 fully saturated rings. The summed E-state index contributed by atoms with van der Waals surface area (Å²) < 4.78 is 6.95. The molecule has 0 spiro atoms. The van der Waals surface area contributed by atoms with Crippen LogP contribution in [0.25, 0.3) is 5.69 Å². The third-order valence-electron chi connectivity index (χ3n) is 3.97. The molecule has 0 saturated heterocycles. The Bertz CT molecular complexity index is 852. The van der Waals surface area contributed by atoms with Crippen molar-refractivity contribution in [1.82, 2.24) is 9.78 Å². The number of aromatic nitrogens is 2. The number of nitrogens with one attached hydrogen (secondary N) is 1. The van der Waals surface area contributed by atoms with Crippen LogP contribution in [0.3, 0.4) is 0 Å². The number of amides is 1. The minimum Gasteiger partial charge on any atom is -0.493 e. The topological polar surface area (TPSA) is 56.2 Å². The van der Waals surface area contributed by atoms with Crippen LogP contribution in [0.4, 0.5) is 5.69 Å². The normalized spacial score (nSPS) is 10.7. The van der Waals surface area contributed by atoms with Gasteiger partial charge in [0, 0.05) is 5.69 Å². The summed E-state index contributed by atoms with van der Waals surface area (Å²) in [6.45, 7) is 4.27. The van der Waals surface area contributed by atoms with Gasteiger partial charge in [0.1, 0.15) is 0 Å². The highest BCUT2D eigenvalue weighted by Crippen LogP contribution is 2.22. The van der Waals surface area contributed by atoms with Gasteiger partial charge in [-0.3, -0.25) is 4.79 Å². The van der Waals surface area contributed by atoms with Gasteiger partial charge >= 0.3 is 0 Å². The lowest BCUT2D eigenvalue weighted by molar-refractivity contribution is 0.101. The first-order valence-electron chi connectivity index (χ1n) is 8.19. The van der Waals surface area contributed by atoms with Crippen molar-refractivity contribution in [2.24, 2.45) is 0 Å². The molecule has 5 nitrogen and oxygen atoms in total. The number of anilines is 1. The van der Waals surface area contributed by atoms with E-state index in [9.17, 15) is 4.79 Å². The summed E-state index contributed by atoms with van der Waals surface area (Å²) in [7, 11) is 1.53. The second-order valence-corrected chi connectivity index (χ2v) is 6.06. The molecule has 1 aromatic heterocycles. The fourth-order valence-corrected chi connectivity index (χ4v) is 2.52. The summed E-state index contributed by atoms with van der Waals surface area (Å²) in [4.78, 5) is 12.6. The second kappa shape index (κ2) is 7.21. The molecule has 5 heteroatoms. The smallest absolute Gasteiger partial charge is 0.280 e. The quantitative estimate of drug-likeness (QED) is 0.758. The van der Waals surface area contributed by atoms with Crippen LogP contribution >= 0.6 is 0 Å². The fraction of sp³-hybridized carbons (Fsp3) is 0.200. The van der Waals surface area contributed by atoms with Gasteiger partial charge in [-0.25, -0.2) is 4.68 Å². The van der Waals surface area contributed by atoms with Gasteiger partial charge in [0.05, 0.1) is 19.0 Å². The lowest BCUT2D eigenvalue weighted by atomic mass is 10.0. The number of rotatable bonds is 5. The Labute approximate surface area is 147 Å². The van der Waals surface area contributed by atoms with E-state index in [0.29, 0.717) is 11.7 Å². The fourth-order valence-electron chi connectivity index (χ4n) is 2.52. The molecule has 0 aliphatic rings. The van der Waals surface area contributed by atoms with E-state index in [-0.39, 0.29) is 11.6 Å². The number of nitrogens with zero attached hydrogens (tertiary/aromatic N) is 2. The molecular weight excluding hydrogens is 314 g/mol. The predicted molar refractivity (Wildman–Crippen MR) is 98.6 cm³/mol. The zero-order valence-corrected chi connectivity index (χ0v) is 14.6. The maximum Gasteiger partial charge on any atom is 0.280 e. The maximum absolute atomic E-state index is 12.6. The molecule has 0 aliphatic heterocycles. The molecule has 0 aliphatic carbocycles. The number of hydrogen-bond donors (Lipinski definition) is 1. The third kappa shape index (κ3) is 3.71. The summed E-state index contributed by atoms with van der Waals surface area (Å²) in [6.07, 6.45) is 1.70. The average Bonchev–Trinajstić information content (AvgIpc) is 3.07. The molecule has 3 rings (SSSR count). The lowest BCUT2D eigenvalue weighted by Gasteiger charge is -2.08. The van der Waals surface area contributed by atoms with Crippen LogP contribution in [0.2, 0.25) is 0 Å². The summed E-state index contributed by atoms with van der Waals surface area (Å²) in [5.41, 5.74) is 3.06. The second-order valence-electron chi connectivity index (χ2n) is 6.06. The molecule has 128 valence electrons. The van der Waals surface area contributed by atoms with E-state index >= 15 is 0 Å². The molecule has 0 radical (unpaired) electrons. The van der Waals surface area contributed by atoms with Crippen LogP contribution in [0.15, 0.2) is 60.8 Å². The van der Waals surface area contributed by atoms with Crippen LogP contribution in [0, 0.1) is 0 Å². The van der Waals surface area contributed by atoms with Crippen molar-refractivity contribution in [3.05, 3.63) is 72.1 Å². The van der Waals surface area contributed by atoms with Crippen LogP contribution in [-0.4, -0.2) is 22.8 Å². The molecular formula is C20H21N3O2. The van der Waals surface area contributed by atoms with Gasteiger partial charge in [0.15, 0.2) is 11.4 Å². The van der Waals surface area contributed by atoms with Gasteiger partial charge in [0.2, 0.25) is 0 Å². The van der Waals surface area contributed by atoms with Crippen LogP contribution < -0.4 is 10.1 Å². The molecule has 1 heterocycles.